The number of aromatic hydroxyl groups is 2. The summed E-state index contributed by atoms with van der Waals surface area (Å²) in [5, 5.41) is 23.7. The van der Waals surface area contributed by atoms with Crippen molar-refractivity contribution in [2.45, 2.75) is 0 Å². The molecule has 0 atom stereocenters. The smallest absolute Gasteiger partial charge is 0.165 e. The van der Waals surface area contributed by atoms with E-state index in [2.05, 4.69) is 15.3 Å². The Morgan fingerprint density at radius 2 is 1.44 bits per heavy atom. The Hall–Kier alpha value is -3.60. The predicted molar refractivity (Wildman–Crippen MR) is 98.0 cm³/mol. The third-order valence-corrected chi connectivity index (χ3v) is 3.88. The van der Waals surface area contributed by atoms with E-state index in [4.69, 9.17) is 0 Å². The molecule has 0 amide bonds. The van der Waals surface area contributed by atoms with Crippen molar-refractivity contribution >= 4 is 22.4 Å². The number of nitrogens with one attached hydrogen (secondary N) is 1. The van der Waals surface area contributed by atoms with E-state index >= 15 is 0 Å². The van der Waals surface area contributed by atoms with Gasteiger partial charge in [0, 0.05) is 11.1 Å². The summed E-state index contributed by atoms with van der Waals surface area (Å²) >= 11 is 0. The zero-order valence-electron chi connectivity index (χ0n) is 13.2. The first kappa shape index (κ1) is 15.0. The van der Waals surface area contributed by atoms with Gasteiger partial charge in [-0.15, -0.1) is 0 Å². The molecule has 3 N–H and O–H groups in total. The van der Waals surface area contributed by atoms with Gasteiger partial charge in [0.15, 0.2) is 5.82 Å². The molecule has 5 heteroatoms. The minimum atomic E-state index is 0.133. The van der Waals surface area contributed by atoms with E-state index in [0.717, 1.165) is 16.6 Å². The first-order valence-electron chi connectivity index (χ1n) is 7.82. The van der Waals surface area contributed by atoms with Gasteiger partial charge in [0.25, 0.3) is 0 Å². The van der Waals surface area contributed by atoms with E-state index in [-0.39, 0.29) is 11.5 Å². The lowest BCUT2D eigenvalue weighted by Crippen LogP contribution is -1.99. The number of hydrogen-bond acceptors (Lipinski definition) is 5. The van der Waals surface area contributed by atoms with Crippen molar-refractivity contribution < 1.29 is 10.2 Å². The molecule has 1 heterocycles. The SMILES string of the molecule is Oc1ccc(Nc2nc(-c3ccccc3O)nc3ccccc23)cc1. The first-order valence-corrected chi connectivity index (χ1v) is 7.82. The summed E-state index contributed by atoms with van der Waals surface area (Å²) in [6.45, 7) is 0. The Morgan fingerprint density at radius 3 is 2.24 bits per heavy atom. The lowest BCUT2D eigenvalue weighted by atomic mass is 10.1. The summed E-state index contributed by atoms with van der Waals surface area (Å²) in [5.41, 5.74) is 2.14. The summed E-state index contributed by atoms with van der Waals surface area (Å²) in [7, 11) is 0. The van der Waals surface area contributed by atoms with Crippen LogP contribution in [0.4, 0.5) is 11.5 Å². The van der Waals surface area contributed by atoms with Crippen LogP contribution in [-0.4, -0.2) is 20.2 Å². The van der Waals surface area contributed by atoms with Crippen LogP contribution in [0, 0.1) is 0 Å². The molecule has 0 saturated heterocycles. The molecule has 0 aliphatic carbocycles. The van der Waals surface area contributed by atoms with Gasteiger partial charge in [0.1, 0.15) is 17.3 Å². The number of aromatic nitrogens is 2. The van der Waals surface area contributed by atoms with Crippen LogP contribution < -0.4 is 5.32 Å². The predicted octanol–water partition coefficient (Wildman–Crippen LogP) is 4.45. The minimum Gasteiger partial charge on any atom is -0.508 e. The fourth-order valence-electron chi connectivity index (χ4n) is 2.64. The average molecular weight is 329 g/mol. The molecule has 1 aromatic heterocycles. The Balaban J connectivity index is 1.87. The number of benzene rings is 3. The number of hydrogen-bond donors (Lipinski definition) is 3. The number of phenolic OH excluding ortho intramolecular Hbond substituents is 2. The molecular formula is C20H15N3O2. The summed E-state index contributed by atoms with van der Waals surface area (Å²) in [6.07, 6.45) is 0. The Kier molecular flexibility index (Phi) is 3.67. The Morgan fingerprint density at radius 1 is 0.720 bits per heavy atom. The second-order valence-electron chi connectivity index (χ2n) is 5.60. The molecule has 0 aliphatic heterocycles. The van der Waals surface area contributed by atoms with Crippen molar-refractivity contribution in [2.75, 3.05) is 5.32 Å². The molecule has 0 bridgehead atoms. The van der Waals surface area contributed by atoms with Crippen LogP contribution in [0.25, 0.3) is 22.3 Å². The molecular weight excluding hydrogens is 314 g/mol. The molecule has 25 heavy (non-hydrogen) atoms. The molecule has 0 radical (unpaired) electrons. The van der Waals surface area contributed by atoms with Crippen LogP contribution in [-0.2, 0) is 0 Å². The van der Waals surface area contributed by atoms with Crippen LogP contribution in [0.5, 0.6) is 11.5 Å². The molecule has 0 aliphatic rings. The van der Waals surface area contributed by atoms with Crippen molar-refractivity contribution in [1.29, 1.82) is 0 Å². The van der Waals surface area contributed by atoms with Gasteiger partial charge in [-0.05, 0) is 48.5 Å². The summed E-state index contributed by atoms with van der Waals surface area (Å²) in [5.74, 6) is 1.41. The highest BCUT2D eigenvalue weighted by atomic mass is 16.3. The van der Waals surface area contributed by atoms with Crippen molar-refractivity contribution in [3.8, 4) is 22.9 Å². The number of phenols is 2. The molecule has 0 spiro atoms. The third kappa shape index (κ3) is 2.95. The number of para-hydroxylation sites is 2. The van der Waals surface area contributed by atoms with Crippen LogP contribution in [0.2, 0.25) is 0 Å². The fraction of sp³-hybridized carbons (Fsp3) is 0. The highest BCUT2D eigenvalue weighted by Gasteiger charge is 2.12. The van der Waals surface area contributed by atoms with Gasteiger partial charge in [-0.1, -0.05) is 24.3 Å². The number of nitrogens with zero attached hydrogens (tertiary/aromatic N) is 2. The highest BCUT2D eigenvalue weighted by molar-refractivity contribution is 5.92. The van der Waals surface area contributed by atoms with Crippen molar-refractivity contribution in [3.05, 3.63) is 72.8 Å². The maximum absolute atomic E-state index is 10.1. The zero-order valence-corrected chi connectivity index (χ0v) is 13.2. The van der Waals surface area contributed by atoms with Crippen LogP contribution in [0.1, 0.15) is 0 Å². The van der Waals surface area contributed by atoms with Crippen molar-refractivity contribution in [2.24, 2.45) is 0 Å². The van der Waals surface area contributed by atoms with Gasteiger partial charge in [0.2, 0.25) is 0 Å². The van der Waals surface area contributed by atoms with Gasteiger partial charge in [-0.2, -0.15) is 0 Å². The molecule has 5 nitrogen and oxygen atoms in total. The fourth-order valence-corrected chi connectivity index (χ4v) is 2.64. The molecule has 3 aromatic carbocycles. The molecule has 4 rings (SSSR count). The largest absolute Gasteiger partial charge is 0.508 e. The lowest BCUT2D eigenvalue weighted by Gasteiger charge is -2.11. The average Bonchev–Trinajstić information content (AvgIpc) is 2.64. The first-order chi connectivity index (χ1) is 12.2. The van der Waals surface area contributed by atoms with E-state index in [0.29, 0.717) is 17.2 Å². The van der Waals surface area contributed by atoms with Crippen molar-refractivity contribution in [3.63, 3.8) is 0 Å². The zero-order chi connectivity index (χ0) is 17.2. The number of rotatable bonds is 3. The van der Waals surface area contributed by atoms with Gasteiger partial charge in [-0.25, -0.2) is 9.97 Å². The molecule has 0 fully saturated rings. The van der Waals surface area contributed by atoms with E-state index in [1.54, 1.807) is 42.5 Å². The van der Waals surface area contributed by atoms with Crippen LogP contribution in [0.15, 0.2) is 72.8 Å². The van der Waals surface area contributed by atoms with Gasteiger partial charge < -0.3 is 15.5 Å². The van der Waals surface area contributed by atoms with E-state index in [9.17, 15) is 10.2 Å². The standard InChI is InChI=1S/C20H15N3O2/c24-14-11-9-13(10-12-14)21-19-15-5-1-3-7-17(15)22-20(23-19)16-6-2-4-8-18(16)25/h1-12,24-25H,(H,21,22,23). The quantitative estimate of drug-likeness (QED) is 0.484. The number of fused-ring (bicyclic) bond motifs is 1. The van der Waals surface area contributed by atoms with Gasteiger partial charge in [-0.3, -0.25) is 0 Å². The Bertz CT molecular complexity index is 1050. The third-order valence-electron chi connectivity index (χ3n) is 3.88. The van der Waals surface area contributed by atoms with Gasteiger partial charge >= 0.3 is 0 Å². The second kappa shape index (κ2) is 6.13. The molecule has 4 aromatic rings. The second-order valence-corrected chi connectivity index (χ2v) is 5.60. The van der Waals surface area contributed by atoms with E-state index < -0.39 is 0 Å². The van der Waals surface area contributed by atoms with Crippen molar-refractivity contribution in [1.82, 2.24) is 9.97 Å². The van der Waals surface area contributed by atoms with Gasteiger partial charge in [0.05, 0.1) is 11.1 Å². The Labute approximate surface area is 144 Å². The molecule has 0 saturated carbocycles. The van der Waals surface area contributed by atoms with E-state index in [1.165, 1.54) is 0 Å². The normalized spacial score (nSPS) is 10.7. The maximum Gasteiger partial charge on any atom is 0.165 e. The minimum absolute atomic E-state index is 0.133. The topological polar surface area (TPSA) is 78.3 Å². The lowest BCUT2D eigenvalue weighted by molar-refractivity contribution is 0.475. The number of anilines is 2. The summed E-state index contributed by atoms with van der Waals surface area (Å²) in [6, 6.07) is 21.4. The molecule has 122 valence electrons. The summed E-state index contributed by atoms with van der Waals surface area (Å²) < 4.78 is 0. The maximum atomic E-state index is 10.1. The van der Waals surface area contributed by atoms with Crippen LogP contribution in [0.3, 0.4) is 0 Å². The monoisotopic (exact) mass is 329 g/mol. The molecule has 0 unspecified atom stereocenters. The van der Waals surface area contributed by atoms with E-state index in [1.807, 2.05) is 30.3 Å². The summed E-state index contributed by atoms with van der Waals surface area (Å²) in [4.78, 5) is 9.18. The highest BCUT2D eigenvalue weighted by Crippen LogP contribution is 2.31. The van der Waals surface area contributed by atoms with Crippen LogP contribution >= 0.6 is 0 Å².